The Hall–Kier alpha value is -3.07. The number of anilines is 2. The Morgan fingerprint density at radius 1 is 1.29 bits per heavy atom. The van der Waals surface area contributed by atoms with Crippen LogP contribution < -0.4 is 15.4 Å². The highest BCUT2D eigenvalue weighted by Gasteiger charge is 2.22. The van der Waals surface area contributed by atoms with Crippen LogP contribution in [0.25, 0.3) is 6.08 Å². The molecule has 0 aliphatic carbocycles. The van der Waals surface area contributed by atoms with Gasteiger partial charge in [0.1, 0.15) is 18.2 Å². The first-order valence-corrected chi connectivity index (χ1v) is 8.26. The minimum atomic E-state index is -4.51. The van der Waals surface area contributed by atoms with Crippen LogP contribution in [0.4, 0.5) is 28.9 Å². The highest BCUT2D eigenvalue weighted by Crippen LogP contribution is 2.32. The van der Waals surface area contributed by atoms with Crippen LogP contribution in [0.5, 0.6) is 5.75 Å². The normalized spacial score (nSPS) is 16.2. The van der Waals surface area contributed by atoms with Gasteiger partial charge in [-0.2, -0.15) is 13.2 Å². The van der Waals surface area contributed by atoms with Crippen LogP contribution in [0.1, 0.15) is 15.9 Å². The summed E-state index contributed by atoms with van der Waals surface area (Å²) in [4.78, 5) is 12.3. The summed E-state index contributed by atoms with van der Waals surface area (Å²) in [6, 6.07) is 7.72. The fourth-order valence-corrected chi connectivity index (χ4v) is 2.60. The third-order valence-corrected chi connectivity index (χ3v) is 3.96. The number of halogens is 4. The molecule has 0 radical (unpaired) electrons. The lowest BCUT2D eigenvalue weighted by atomic mass is 10.1. The van der Waals surface area contributed by atoms with Crippen LogP contribution in [0.2, 0.25) is 0 Å². The number of amides is 1. The van der Waals surface area contributed by atoms with Gasteiger partial charge < -0.3 is 20.5 Å². The van der Waals surface area contributed by atoms with Gasteiger partial charge in [0, 0.05) is 17.8 Å². The molecule has 0 spiro atoms. The molecule has 0 bridgehead atoms. The highest BCUT2D eigenvalue weighted by atomic mass is 19.4. The van der Waals surface area contributed by atoms with Gasteiger partial charge in [0.15, 0.2) is 0 Å². The number of hydrogen-bond acceptors (Lipinski definition) is 4. The fourth-order valence-electron chi connectivity index (χ4n) is 2.60. The quantitative estimate of drug-likeness (QED) is 0.688. The zero-order valence-corrected chi connectivity index (χ0v) is 14.4. The van der Waals surface area contributed by atoms with Gasteiger partial charge in [0.05, 0.1) is 23.9 Å². The van der Waals surface area contributed by atoms with Gasteiger partial charge in [-0.15, -0.1) is 0 Å². The Kier molecular flexibility index (Phi) is 5.55. The average molecular weight is 396 g/mol. The number of alkyl halides is 3. The molecule has 0 fully saturated rings. The Labute approximate surface area is 157 Å². The van der Waals surface area contributed by atoms with Crippen molar-refractivity contribution < 1.29 is 32.2 Å². The summed E-state index contributed by atoms with van der Waals surface area (Å²) < 4.78 is 56.2. The first-order chi connectivity index (χ1) is 13.2. The van der Waals surface area contributed by atoms with Gasteiger partial charge in [-0.1, -0.05) is 6.07 Å². The van der Waals surface area contributed by atoms with Crippen molar-refractivity contribution in [3.05, 3.63) is 59.4 Å². The number of carbonyl (C=O) groups excluding carboxylic acids is 1. The van der Waals surface area contributed by atoms with E-state index < -0.39 is 17.9 Å². The molecule has 148 valence electrons. The van der Waals surface area contributed by atoms with E-state index in [1.807, 2.05) is 0 Å². The third kappa shape index (κ3) is 4.80. The predicted octanol–water partition coefficient (Wildman–Crippen LogP) is 3.82. The van der Waals surface area contributed by atoms with Gasteiger partial charge in [0.2, 0.25) is 0 Å². The number of aliphatic hydroxyl groups excluding tert-OH is 1. The molecule has 3 rings (SSSR count). The molecular formula is C19H16F4N2O3. The maximum Gasteiger partial charge on any atom is 0.409 e. The van der Waals surface area contributed by atoms with E-state index in [0.29, 0.717) is 17.1 Å². The number of rotatable bonds is 4. The number of nitrogens with one attached hydrogen (secondary N) is 2. The molecule has 1 aliphatic heterocycles. The molecule has 9 heteroatoms. The Morgan fingerprint density at radius 2 is 2.07 bits per heavy atom. The third-order valence-electron chi connectivity index (χ3n) is 3.96. The summed E-state index contributed by atoms with van der Waals surface area (Å²) in [6.45, 7) is 0.161. The van der Waals surface area contributed by atoms with Crippen molar-refractivity contribution in [2.45, 2.75) is 12.2 Å². The minimum Gasteiger partial charge on any atom is -0.489 e. The van der Waals surface area contributed by atoms with Gasteiger partial charge in [0.25, 0.3) is 5.91 Å². The molecule has 1 aliphatic rings. The van der Waals surface area contributed by atoms with Crippen LogP contribution >= 0.6 is 0 Å². The zero-order valence-electron chi connectivity index (χ0n) is 14.4. The average Bonchev–Trinajstić information content (AvgIpc) is 2.65. The summed E-state index contributed by atoms with van der Waals surface area (Å²) in [5.74, 6) is -1.22. The molecule has 2 aromatic rings. The smallest absolute Gasteiger partial charge is 0.409 e. The lowest BCUT2D eigenvalue weighted by Gasteiger charge is -2.26. The molecule has 1 atom stereocenters. The molecule has 28 heavy (non-hydrogen) atoms. The van der Waals surface area contributed by atoms with Crippen LogP contribution in [0, 0.1) is 5.82 Å². The monoisotopic (exact) mass is 396 g/mol. The van der Waals surface area contributed by atoms with E-state index in [-0.39, 0.29) is 36.5 Å². The van der Waals surface area contributed by atoms with Crippen molar-refractivity contribution in [3.63, 3.8) is 0 Å². The maximum atomic E-state index is 14.1. The molecule has 1 amide bonds. The Morgan fingerprint density at radius 3 is 2.75 bits per heavy atom. The molecule has 1 heterocycles. The number of allylic oxidation sites excluding steroid dienone is 1. The molecule has 0 saturated carbocycles. The molecular weight excluding hydrogens is 380 g/mol. The van der Waals surface area contributed by atoms with Gasteiger partial charge >= 0.3 is 6.18 Å². The van der Waals surface area contributed by atoms with Crippen molar-refractivity contribution >= 4 is 23.4 Å². The lowest BCUT2D eigenvalue weighted by Crippen LogP contribution is -2.34. The van der Waals surface area contributed by atoms with E-state index in [0.717, 1.165) is 18.2 Å². The fraction of sp³-hybridized carbons (Fsp3) is 0.211. The maximum absolute atomic E-state index is 14.1. The van der Waals surface area contributed by atoms with Crippen molar-refractivity contribution in [2.75, 3.05) is 23.8 Å². The number of hydrogen-bond donors (Lipinski definition) is 3. The summed E-state index contributed by atoms with van der Waals surface area (Å²) in [7, 11) is 0. The predicted molar refractivity (Wildman–Crippen MR) is 95.9 cm³/mol. The molecule has 0 aromatic heterocycles. The summed E-state index contributed by atoms with van der Waals surface area (Å²) in [5.41, 5.74) is 0.683. The number of benzene rings is 2. The molecule has 5 nitrogen and oxygen atoms in total. The van der Waals surface area contributed by atoms with E-state index >= 15 is 0 Å². The zero-order chi connectivity index (χ0) is 20.3. The second-order valence-corrected chi connectivity index (χ2v) is 6.11. The largest absolute Gasteiger partial charge is 0.489 e. The van der Waals surface area contributed by atoms with Crippen molar-refractivity contribution in [1.82, 2.24) is 0 Å². The molecule has 0 unspecified atom stereocenters. The second-order valence-electron chi connectivity index (χ2n) is 6.11. The summed E-state index contributed by atoms with van der Waals surface area (Å²) in [6.07, 6.45) is -3.80. The first-order valence-electron chi connectivity index (χ1n) is 8.26. The number of aliphatic hydroxyl groups is 1. The Balaban J connectivity index is 1.72. The van der Waals surface area contributed by atoms with E-state index in [9.17, 15) is 22.4 Å². The second kappa shape index (κ2) is 7.89. The highest BCUT2D eigenvalue weighted by molar-refractivity contribution is 6.04. The van der Waals surface area contributed by atoms with Crippen LogP contribution in [0.3, 0.4) is 0 Å². The molecule has 0 saturated heterocycles. The van der Waals surface area contributed by atoms with Crippen LogP contribution in [0.15, 0.2) is 42.5 Å². The van der Waals surface area contributed by atoms with E-state index in [1.165, 1.54) is 6.07 Å². The molecule has 2 aromatic carbocycles. The van der Waals surface area contributed by atoms with E-state index in [2.05, 4.69) is 10.6 Å². The first kappa shape index (κ1) is 19.7. The van der Waals surface area contributed by atoms with Gasteiger partial charge in [-0.25, -0.2) is 4.39 Å². The Bertz CT molecular complexity index is 913. The lowest BCUT2D eigenvalue weighted by molar-refractivity contribution is -0.0790. The van der Waals surface area contributed by atoms with Gasteiger partial charge in [-0.05, 0) is 35.9 Å². The van der Waals surface area contributed by atoms with Crippen molar-refractivity contribution in [1.29, 1.82) is 0 Å². The van der Waals surface area contributed by atoms with Crippen LogP contribution in [-0.2, 0) is 0 Å². The van der Waals surface area contributed by atoms with Gasteiger partial charge in [-0.3, -0.25) is 4.79 Å². The minimum absolute atomic E-state index is 0.00991. The molecule has 3 N–H and O–H groups in total. The van der Waals surface area contributed by atoms with E-state index in [1.54, 1.807) is 18.2 Å². The number of ether oxygens (including phenoxy) is 1. The van der Waals surface area contributed by atoms with Crippen molar-refractivity contribution in [2.24, 2.45) is 0 Å². The van der Waals surface area contributed by atoms with Crippen LogP contribution in [-0.4, -0.2) is 36.4 Å². The van der Waals surface area contributed by atoms with Crippen molar-refractivity contribution in [3.8, 4) is 5.75 Å². The SMILES string of the molecule is O=C(Nc1ccc2c(c1)OC[C@H](CO)N2)c1ccc(C=CC(F)(F)F)cc1F. The summed E-state index contributed by atoms with van der Waals surface area (Å²) in [5, 5.41) is 14.7. The number of fused-ring (bicyclic) bond motifs is 1. The van der Waals surface area contributed by atoms with E-state index in [4.69, 9.17) is 9.84 Å². The number of carbonyl (C=O) groups is 1. The standard InChI is InChI=1S/C19H16F4N2O3/c20-15-7-11(5-6-19(21,22)23)1-3-14(15)18(27)25-12-2-4-16-17(8-12)28-10-13(9-26)24-16/h1-8,13,24,26H,9-10H2,(H,25,27)/t13-/m0/s1. The topological polar surface area (TPSA) is 70.6 Å². The summed E-state index contributed by atoms with van der Waals surface area (Å²) >= 11 is 0.